The summed E-state index contributed by atoms with van der Waals surface area (Å²) < 4.78 is 5.39. The van der Waals surface area contributed by atoms with Gasteiger partial charge in [0.05, 0.1) is 18.1 Å². The van der Waals surface area contributed by atoms with E-state index >= 15 is 0 Å². The van der Waals surface area contributed by atoms with Gasteiger partial charge in [-0.1, -0.05) is 6.58 Å². The molecule has 0 radical (unpaired) electrons. The minimum atomic E-state index is -0.934. The maximum absolute atomic E-state index is 13.1. The van der Waals surface area contributed by atoms with Crippen LogP contribution >= 0.6 is 0 Å². The molecular weight excluding hydrogens is 422 g/mol. The molecule has 0 spiro atoms. The molecule has 1 aromatic heterocycles. The number of aromatic amines is 1. The maximum atomic E-state index is 13.1. The number of rotatable bonds is 6. The fraction of sp³-hybridized carbons (Fsp3) is 0.417. The maximum Gasteiger partial charge on any atom is 0.258 e. The standard InChI is InChI=1S/C24H29N5O4/c1-4-33-15(3)16-8-10-17(11-9-16)25-22(31)18-13-19(30)26-21-20(18)23(32)28-24(27-21)29-12-6-5-7-14(29)2/h8-11,14,18H,3-7,12-13H2,1-2H3,(H,25,31)(H2,26,27,28,30,32)/t14-,18+/m0/s1. The summed E-state index contributed by atoms with van der Waals surface area (Å²) in [5.41, 5.74) is 1.12. The third-order valence-corrected chi connectivity index (χ3v) is 6.12. The van der Waals surface area contributed by atoms with Crippen LogP contribution < -0.4 is 21.1 Å². The van der Waals surface area contributed by atoms with E-state index in [0.29, 0.717) is 24.0 Å². The molecule has 0 aliphatic carbocycles. The SMILES string of the molecule is C=C(OCC)c1ccc(NC(=O)[C@@H]2CC(=O)Nc3nc(N4CCCC[C@@H]4C)[nH]c(=O)c32)cc1. The number of H-pyrrole nitrogens is 1. The lowest BCUT2D eigenvalue weighted by molar-refractivity contribution is -0.123. The smallest absolute Gasteiger partial charge is 0.258 e. The van der Waals surface area contributed by atoms with Crippen LogP contribution in [-0.2, 0) is 14.3 Å². The molecule has 174 valence electrons. The van der Waals surface area contributed by atoms with Gasteiger partial charge in [0.1, 0.15) is 11.6 Å². The van der Waals surface area contributed by atoms with Crippen LogP contribution in [0.25, 0.3) is 5.76 Å². The normalized spacial score (nSPS) is 19.9. The molecule has 2 aliphatic rings. The quantitative estimate of drug-likeness (QED) is 0.581. The van der Waals surface area contributed by atoms with Crippen molar-refractivity contribution in [3.63, 3.8) is 0 Å². The lowest BCUT2D eigenvalue weighted by Crippen LogP contribution is -2.41. The van der Waals surface area contributed by atoms with Gasteiger partial charge in [-0.2, -0.15) is 4.98 Å². The fourth-order valence-corrected chi connectivity index (χ4v) is 4.36. The number of nitrogens with zero attached hydrogens (tertiary/aromatic N) is 2. The zero-order chi connectivity index (χ0) is 23.5. The summed E-state index contributed by atoms with van der Waals surface area (Å²) in [6.45, 7) is 9.13. The minimum absolute atomic E-state index is 0.123. The first-order chi connectivity index (χ1) is 15.9. The van der Waals surface area contributed by atoms with Crippen molar-refractivity contribution in [1.82, 2.24) is 9.97 Å². The number of aromatic nitrogens is 2. The Morgan fingerprint density at radius 1 is 1.27 bits per heavy atom. The van der Waals surface area contributed by atoms with Crippen LogP contribution in [0, 0.1) is 0 Å². The Balaban J connectivity index is 1.57. The number of anilines is 3. The van der Waals surface area contributed by atoms with Crippen molar-refractivity contribution in [2.45, 2.75) is 51.5 Å². The number of amides is 2. The van der Waals surface area contributed by atoms with E-state index in [-0.39, 0.29) is 29.8 Å². The second kappa shape index (κ2) is 9.48. The third kappa shape index (κ3) is 4.76. The van der Waals surface area contributed by atoms with Gasteiger partial charge in [0.2, 0.25) is 17.8 Å². The summed E-state index contributed by atoms with van der Waals surface area (Å²) in [4.78, 5) is 47.8. The van der Waals surface area contributed by atoms with Crippen molar-refractivity contribution < 1.29 is 14.3 Å². The highest BCUT2D eigenvalue weighted by molar-refractivity contribution is 6.04. The Labute approximate surface area is 192 Å². The van der Waals surface area contributed by atoms with E-state index in [4.69, 9.17) is 4.74 Å². The highest BCUT2D eigenvalue weighted by Gasteiger charge is 2.35. The number of nitrogens with one attached hydrogen (secondary N) is 3. The molecule has 2 aromatic rings. The number of hydrogen-bond donors (Lipinski definition) is 3. The van der Waals surface area contributed by atoms with Crippen LogP contribution in [0.1, 0.15) is 56.6 Å². The highest BCUT2D eigenvalue weighted by atomic mass is 16.5. The molecule has 33 heavy (non-hydrogen) atoms. The summed E-state index contributed by atoms with van der Waals surface area (Å²) in [7, 11) is 0. The number of hydrogen-bond acceptors (Lipinski definition) is 6. The van der Waals surface area contributed by atoms with Gasteiger partial charge in [-0.15, -0.1) is 0 Å². The molecule has 0 saturated carbocycles. The molecule has 2 atom stereocenters. The zero-order valence-electron chi connectivity index (χ0n) is 18.9. The summed E-state index contributed by atoms with van der Waals surface area (Å²) in [5, 5.41) is 5.48. The van der Waals surface area contributed by atoms with Crippen LogP contribution in [0.15, 0.2) is 35.6 Å². The Morgan fingerprint density at radius 2 is 2.03 bits per heavy atom. The van der Waals surface area contributed by atoms with Crippen LogP contribution in [0.4, 0.5) is 17.5 Å². The first kappa shape index (κ1) is 22.6. The molecule has 1 fully saturated rings. The average Bonchev–Trinajstić information content (AvgIpc) is 2.79. The van der Waals surface area contributed by atoms with Gasteiger partial charge in [-0.25, -0.2) is 0 Å². The zero-order valence-corrected chi connectivity index (χ0v) is 18.9. The predicted molar refractivity (Wildman–Crippen MR) is 127 cm³/mol. The first-order valence-electron chi connectivity index (χ1n) is 11.3. The van der Waals surface area contributed by atoms with Crippen molar-refractivity contribution in [2.24, 2.45) is 0 Å². The highest BCUT2D eigenvalue weighted by Crippen LogP contribution is 2.31. The van der Waals surface area contributed by atoms with Crippen LogP contribution in [0.5, 0.6) is 0 Å². The molecule has 0 bridgehead atoms. The van der Waals surface area contributed by atoms with Gasteiger partial charge in [-0.3, -0.25) is 19.4 Å². The Morgan fingerprint density at radius 3 is 2.73 bits per heavy atom. The topological polar surface area (TPSA) is 116 Å². The van der Waals surface area contributed by atoms with Gasteiger partial charge in [0.15, 0.2) is 0 Å². The van der Waals surface area contributed by atoms with Crippen molar-refractivity contribution in [2.75, 3.05) is 28.7 Å². The molecule has 4 rings (SSSR count). The summed E-state index contributed by atoms with van der Waals surface area (Å²) in [6.07, 6.45) is 3.03. The van der Waals surface area contributed by atoms with E-state index in [9.17, 15) is 14.4 Å². The predicted octanol–water partition coefficient (Wildman–Crippen LogP) is 3.22. The second-order valence-corrected chi connectivity index (χ2v) is 8.42. The van der Waals surface area contributed by atoms with Crippen molar-refractivity contribution >= 4 is 35.0 Å². The first-order valence-corrected chi connectivity index (χ1v) is 11.3. The van der Waals surface area contributed by atoms with Gasteiger partial charge in [0, 0.05) is 30.3 Å². The molecule has 1 aromatic carbocycles. The fourth-order valence-electron chi connectivity index (χ4n) is 4.36. The number of carbonyl (C=O) groups is 2. The lowest BCUT2D eigenvalue weighted by Gasteiger charge is -2.34. The summed E-state index contributed by atoms with van der Waals surface area (Å²) in [6, 6.07) is 7.26. The second-order valence-electron chi connectivity index (χ2n) is 8.42. The van der Waals surface area contributed by atoms with Gasteiger partial charge in [0.25, 0.3) is 5.56 Å². The van der Waals surface area contributed by atoms with Crippen molar-refractivity contribution in [3.05, 3.63) is 52.3 Å². The number of piperidine rings is 1. The van der Waals surface area contributed by atoms with Crippen molar-refractivity contribution in [3.8, 4) is 0 Å². The molecule has 3 heterocycles. The number of fused-ring (bicyclic) bond motifs is 1. The molecule has 9 nitrogen and oxygen atoms in total. The largest absolute Gasteiger partial charge is 0.494 e. The van der Waals surface area contributed by atoms with E-state index < -0.39 is 17.4 Å². The van der Waals surface area contributed by atoms with Gasteiger partial charge < -0.3 is 20.3 Å². The molecule has 9 heteroatoms. The molecule has 2 aliphatic heterocycles. The van der Waals surface area contributed by atoms with Crippen LogP contribution in [0.2, 0.25) is 0 Å². The number of ether oxygens (including phenoxy) is 1. The van der Waals surface area contributed by atoms with Gasteiger partial charge in [-0.05, 0) is 57.4 Å². The molecule has 0 unspecified atom stereocenters. The molecular formula is C24H29N5O4. The van der Waals surface area contributed by atoms with E-state index in [2.05, 4.69) is 34.1 Å². The van der Waals surface area contributed by atoms with Crippen molar-refractivity contribution in [1.29, 1.82) is 0 Å². The number of benzene rings is 1. The number of carbonyl (C=O) groups excluding carboxylic acids is 2. The summed E-state index contributed by atoms with van der Waals surface area (Å²) >= 11 is 0. The lowest BCUT2D eigenvalue weighted by atomic mass is 9.92. The Kier molecular flexibility index (Phi) is 6.48. The van der Waals surface area contributed by atoms with E-state index in [0.717, 1.165) is 31.4 Å². The van der Waals surface area contributed by atoms with E-state index in [1.807, 2.05) is 11.8 Å². The van der Waals surface area contributed by atoms with E-state index in [1.165, 1.54) is 0 Å². The molecule has 3 N–H and O–H groups in total. The average molecular weight is 452 g/mol. The molecule has 1 saturated heterocycles. The van der Waals surface area contributed by atoms with Crippen LogP contribution in [-0.4, -0.2) is 41.0 Å². The van der Waals surface area contributed by atoms with E-state index in [1.54, 1.807) is 24.3 Å². The minimum Gasteiger partial charge on any atom is -0.494 e. The summed E-state index contributed by atoms with van der Waals surface area (Å²) in [5.74, 6) is -0.583. The Hall–Kier alpha value is -3.62. The Bertz CT molecular complexity index is 1120. The van der Waals surface area contributed by atoms with Gasteiger partial charge >= 0.3 is 0 Å². The third-order valence-electron chi connectivity index (χ3n) is 6.12. The molecule has 2 amide bonds. The monoisotopic (exact) mass is 451 g/mol. The van der Waals surface area contributed by atoms with Crippen LogP contribution in [0.3, 0.4) is 0 Å².